The molecule has 0 bridgehead atoms. The normalized spacial score (nSPS) is 16.0. The van der Waals surface area contributed by atoms with Gasteiger partial charge in [-0.2, -0.15) is 5.06 Å². The molecule has 1 saturated heterocycles. The second kappa shape index (κ2) is 7.73. The van der Waals surface area contributed by atoms with E-state index in [2.05, 4.69) is 62.4 Å². The second-order valence-electron chi connectivity index (χ2n) is 6.25. The highest BCUT2D eigenvalue weighted by Gasteiger charge is 2.11. The first-order valence-electron chi connectivity index (χ1n) is 8.38. The van der Waals surface area contributed by atoms with Gasteiger partial charge in [0.15, 0.2) is 0 Å². The van der Waals surface area contributed by atoms with E-state index in [1.54, 1.807) is 0 Å². The third-order valence-electron chi connectivity index (χ3n) is 4.23. The molecule has 3 nitrogen and oxygen atoms in total. The fourth-order valence-electron chi connectivity index (χ4n) is 2.89. The molecule has 1 heterocycles. The molecule has 0 amide bonds. The molecule has 3 heteroatoms. The number of hydroxylamine groups is 2. The topological polar surface area (TPSA) is 21.7 Å². The van der Waals surface area contributed by atoms with Crippen molar-refractivity contribution in [2.75, 3.05) is 26.3 Å². The summed E-state index contributed by atoms with van der Waals surface area (Å²) in [6, 6.07) is 17.3. The van der Waals surface area contributed by atoms with Gasteiger partial charge >= 0.3 is 0 Å². The quantitative estimate of drug-likeness (QED) is 0.824. The smallest absolute Gasteiger partial charge is 0.0935 e. The summed E-state index contributed by atoms with van der Waals surface area (Å²) in [7, 11) is 0. The Bertz CT molecular complexity index is 616. The average molecular weight is 311 g/mol. The number of benzene rings is 2. The number of hydrogen-bond acceptors (Lipinski definition) is 3. The number of nitrogens with zero attached hydrogens (tertiary/aromatic N) is 1. The van der Waals surface area contributed by atoms with Gasteiger partial charge in [-0.15, -0.1) is 0 Å². The summed E-state index contributed by atoms with van der Waals surface area (Å²) in [6.45, 7) is 8.30. The maximum atomic E-state index is 5.83. The van der Waals surface area contributed by atoms with Crippen LogP contribution in [0.25, 0.3) is 11.1 Å². The summed E-state index contributed by atoms with van der Waals surface area (Å²) in [5.74, 6) is 0.524. The van der Waals surface area contributed by atoms with Gasteiger partial charge in [-0.1, -0.05) is 62.4 Å². The van der Waals surface area contributed by atoms with E-state index in [1.807, 2.05) is 5.06 Å². The van der Waals surface area contributed by atoms with E-state index >= 15 is 0 Å². The fourth-order valence-corrected chi connectivity index (χ4v) is 2.89. The Morgan fingerprint density at radius 1 is 1.00 bits per heavy atom. The minimum absolute atomic E-state index is 0.524. The van der Waals surface area contributed by atoms with Gasteiger partial charge in [0.2, 0.25) is 0 Å². The Kier molecular flexibility index (Phi) is 5.44. The van der Waals surface area contributed by atoms with Crippen LogP contribution in [0.15, 0.2) is 48.5 Å². The van der Waals surface area contributed by atoms with Crippen molar-refractivity contribution in [3.63, 3.8) is 0 Å². The average Bonchev–Trinajstić information content (AvgIpc) is 2.61. The maximum absolute atomic E-state index is 5.83. The van der Waals surface area contributed by atoms with Crippen LogP contribution in [-0.4, -0.2) is 31.4 Å². The molecule has 1 aliphatic heterocycles. The molecule has 2 aromatic rings. The Balaban J connectivity index is 1.67. The number of morpholine rings is 1. The Morgan fingerprint density at radius 2 is 1.70 bits per heavy atom. The first kappa shape index (κ1) is 16.2. The zero-order valence-electron chi connectivity index (χ0n) is 14.0. The molecule has 0 N–H and O–H groups in total. The third-order valence-corrected chi connectivity index (χ3v) is 4.23. The van der Waals surface area contributed by atoms with Gasteiger partial charge in [0.05, 0.1) is 19.8 Å². The molecule has 0 spiro atoms. The van der Waals surface area contributed by atoms with Crippen LogP contribution in [-0.2, 0) is 16.2 Å². The van der Waals surface area contributed by atoms with Crippen molar-refractivity contribution < 1.29 is 9.57 Å². The molecule has 3 rings (SSSR count). The van der Waals surface area contributed by atoms with Crippen molar-refractivity contribution in [3.8, 4) is 11.1 Å². The van der Waals surface area contributed by atoms with Crippen LogP contribution in [0.4, 0.5) is 0 Å². The van der Waals surface area contributed by atoms with Gasteiger partial charge in [-0.25, -0.2) is 0 Å². The second-order valence-corrected chi connectivity index (χ2v) is 6.25. The van der Waals surface area contributed by atoms with Crippen LogP contribution < -0.4 is 0 Å². The Hall–Kier alpha value is -1.68. The molecular formula is C20H25NO2. The van der Waals surface area contributed by atoms with E-state index in [9.17, 15) is 0 Å². The van der Waals surface area contributed by atoms with Crippen LogP contribution in [0.1, 0.15) is 30.9 Å². The predicted octanol–water partition coefficient (Wildman–Crippen LogP) is 4.24. The van der Waals surface area contributed by atoms with E-state index in [4.69, 9.17) is 9.57 Å². The molecule has 0 saturated carbocycles. The zero-order chi connectivity index (χ0) is 16.1. The minimum Gasteiger partial charge on any atom is -0.379 e. The largest absolute Gasteiger partial charge is 0.379 e. The predicted molar refractivity (Wildman–Crippen MR) is 93.1 cm³/mol. The molecule has 1 fully saturated rings. The highest BCUT2D eigenvalue weighted by atomic mass is 16.7. The molecule has 0 aliphatic carbocycles. The lowest BCUT2D eigenvalue weighted by Gasteiger charge is -2.25. The van der Waals surface area contributed by atoms with Crippen LogP contribution in [0.5, 0.6) is 0 Å². The molecule has 0 radical (unpaired) electrons. The first-order valence-corrected chi connectivity index (χ1v) is 8.38. The van der Waals surface area contributed by atoms with Gasteiger partial charge < -0.3 is 4.74 Å². The highest BCUT2D eigenvalue weighted by Crippen LogP contribution is 2.29. The summed E-state index contributed by atoms with van der Waals surface area (Å²) in [6.07, 6.45) is 0. The third kappa shape index (κ3) is 4.20. The Labute approximate surface area is 138 Å². The summed E-state index contributed by atoms with van der Waals surface area (Å²) < 4.78 is 5.33. The summed E-state index contributed by atoms with van der Waals surface area (Å²) in [5.41, 5.74) is 5.18. The summed E-state index contributed by atoms with van der Waals surface area (Å²) in [4.78, 5) is 5.83. The maximum Gasteiger partial charge on any atom is 0.0935 e. The van der Waals surface area contributed by atoms with Gasteiger partial charge in [0.25, 0.3) is 0 Å². The lowest BCUT2D eigenvalue weighted by atomic mass is 9.92. The lowest BCUT2D eigenvalue weighted by Crippen LogP contribution is -2.36. The highest BCUT2D eigenvalue weighted by molar-refractivity contribution is 5.68. The first-order chi connectivity index (χ1) is 11.2. The van der Waals surface area contributed by atoms with Crippen molar-refractivity contribution in [1.29, 1.82) is 0 Å². The molecule has 1 aliphatic rings. The molecule has 2 aromatic carbocycles. The van der Waals surface area contributed by atoms with Crippen LogP contribution in [0.2, 0.25) is 0 Å². The van der Waals surface area contributed by atoms with Crippen LogP contribution >= 0.6 is 0 Å². The summed E-state index contributed by atoms with van der Waals surface area (Å²) in [5, 5.41) is 1.99. The lowest BCUT2D eigenvalue weighted by molar-refractivity contribution is -0.202. The standard InChI is InChI=1S/C20H25NO2/c1-16(2)19-5-3-4-6-20(19)18-9-7-17(8-10-18)15-23-21-11-13-22-14-12-21/h3-10,16H,11-15H2,1-2H3. The van der Waals surface area contributed by atoms with E-state index in [0.29, 0.717) is 12.5 Å². The van der Waals surface area contributed by atoms with Gasteiger partial charge in [-0.05, 0) is 28.2 Å². The van der Waals surface area contributed by atoms with Crippen LogP contribution in [0, 0.1) is 0 Å². The molecule has 122 valence electrons. The van der Waals surface area contributed by atoms with Crippen molar-refractivity contribution in [3.05, 3.63) is 59.7 Å². The summed E-state index contributed by atoms with van der Waals surface area (Å²) >= 11 is 0. The van der Waals surface area contributed by atoms with E-state index in [-0.39, 0.29) is 0 Å². The molecule has 23 heavy (non-hydrogen) atoms. The molecule has 0 unspecified atom stereocenters. The van der Waals surface area contributed by atoms with Crippen molar-refractivity contribution in [1.82, 2.24) is 5.06 Å². The fraction of sp³-hybridized carbons (Fsp3) is 0.400. The van der Waals surface area contributed by atoms with Crippen LogP contribution in [0.3, 0.4) is 0 Å². The number of rotatable bonds is 5. The van der Waals surface area contributed by atoms with Gasteiger partial charge in [-0.3, -0.25) is 4.84 Å². The molecule has 0 aromatic heterocycles. The minimum atomic E-state index is 0.524. The zero-order valence-corrected chi connectivity index (χ0v) is 14.0. The molecule has 0 atom stereocenters. The Morgan fingerprint density at radius 3 is 2.39 bits per heavy atom. The number of hydrogen-bond donors (Lipinski definition) is 0. The van der Waals surface area contributed by atoms with E-state index in [0.717, 1.165) is 26.3 Å². The monoisotopic (exact) mass is 311 g/mol. The van der Waals surface area contributed by atoms with E-state index in [1.165, 1.54) is 22.3 Å². The van der Waals surface area contributed by atoms with Crippen molar-refractivity contribution in [2.24, 2.45) is 0 Å². The van der Waals surface area contributed by atoms with Crippen molar-refractivity contribution >= 4 is 0 Å². The van der Waals surface area contributed by atoms with Gasteiger partial charge in [0, 0.05) is 13.1 Å². The van der Waals surface area contributed by atoms with Crippen molar-refractivity contribution in [2.45, 2.75) is 26.4 Å². The number of ether oxygens (including phenoxy) is 1. The molecular weight excluding hydrogens is 286 g/mol. The van der Waals surface area contributed by atoms with E-state index < -0.39 is 0 Å². The SMILES string of the molecule is CC(C)c1ccccc1-c1ccc(CON2CCOCC2)cc1. The van der Waals surface area contributed by atoms with Gasteiger partial charge in [0.1, 0.15) is 0 Å².